The first kappa shape index (κ1) is 20.4. The number of nitrogens with one attached hydrogen (secondary N) is 2. The Morgan fingerprint density at radius 1 is 1.22 bits per heavy atom. The largest absolute Gasteiger partial charge is 0.486 e. The molecule has 5 rings (SSSR count). The number of amides is 2. The number of carbonyl (C=O) groups is 2. The van der Waals surface area contributed by atoms with E-state index in [-0.39, 0.29) is 18.2 Å². The summed E-state index contributed by atoms with van der Waals surface area (Å²) in [5.74, 6) is 1.25. The maximum Gasteiger partial charge on any atom is 0.251 e. The summed E-state index contributed by atoms with van der Waals surface area (Å²) in [7, 11) is 0. The third-order valence-corrected chi connectivity index (χ3v) is 5.71. The van der Waals surface area contributed by atoms with Crippen LogP contribution in [0, 0.1) is 0 Å². The molecule has 3 heterocycles. The van der Waals surface area contributed by atoms with Gasteiger partial charge in [-0.1, -0.05) is 30.7 Å². The van der Waals surface area contributed by atoms with Crippen molar-refractivity contribution >= 4 is 34.9 Å². The lowest BCUT2D eigenvalue weighted by atomic mass is 10.0. The Kier molecular flexibility index (Phi) is 5.22. The molecule has 0 saturated heterocycles. The first-order chi connectivity index (χ1) is 15.5. The first-order valence-corrected chi connectivity index (χ1v) is 10.8. The molecular formula is C23H21ClN4O4. The highest BCUT2D eigenvalue weighted by atomic mass is 35.5. The summed E-state index contributed by atoms with van der Waals surface area (Å²) < 4.78 is 12.7. The summed E-state index contributed by atoms with van der Waals surface area (Å²) in [5, 5.41) is 11.0. The van der Waals surface area contributed by atoms with Crippen LogP contribution in [-0.2, 0) is 16.0 Å². The van der Waals surface area contributed by atoms with Gasteiger partial charge in [0.25, 0.3) is 5.91 Å². The third kappa shape index (κ3) is 3.67. The van der Waals surface area contributed by atoms with Crippen molar-refractivity contribution in [2.75, 3.05) is 23.8 Å². The van der Waals surface area contributed by atoms with Crippen LogP contribution in [0.15, 0.2) is 42.5 Å². The van der Waals surface area contributed by atoms with E-state index >= 15 is 0 Å². The van der Waals surface area contributed by atoms with E-state index in [1.54, 1.807) is 28.9 Å². The Morgan fingerprint density at radius 2 is 2.03 bits per heavy atom. The molecule has 0 aliphatic carbocycles. The van der Waals surface area contributed by atoms with Crippen molar-refractivity contribution in [3.05, 3.63) is 53.2 Å². The molecule has 8 nitrogen and oxygen atoms in total. The molecule has 2 amide bonds. The highest BCUT2D eigenvalue weighted by Gasteiger charge is 2.36. The van der Waals surface area contributed by atoms with E-state index in [4.69, 9.17) is 21.1 Å². The van der Waals surface area contributed by atoms with Gasteiger partial charge in [0, 0.05) is 22.3 Å². The molecule has 0 spiro atoms. The van der Waals surface area contributed by atoms with Gasteiger partial charge in [-0.3, -0.25) is 9.59 Å². The zero-order valence-electron chi connectivity index (χ0n) is 17.4. The maximum atomic E-state index is 12.7. The van der Waals surface area contributed by atoms with Crippen LogP contribution >= 0.6 is 11.6 Å². The molecule has 3 aromatic rings. The number of carbonyl (C=O) groups excluding carboxylic acids is 2. The average Bonchev–Trinajstić information content (AvgIpc) is 3.28. The quantitative estimate of drug-likeness (QED) is 0.608. The Labute approximate surface area is 189 Å². The number of benzene rings is 2. The van der Waals surface area contributed by atoms with Crippen molar-refractivity contribution in [1.82, 2.24) is 9.78 Å². The van der Waals surface area contributed by atoms with Gasteiger partial charge in [-0.15, -0.1) is 0 Å². The smallest absolute Gasteiger partial charge is 0.251 e. The minimum atomic E-state index is -0.736. The molecule has 164 valence electrons. The number of fused-ring (bicyclic) bond motifs is 2. The SMILES string of the molecule is CCc1nn2c(c1-c1cccc(Cl)c1)NC(=O)C2CC(=O)Nc1ccc2c(c1)OCCO2. The number of aryl methyl sites for hydroxylation is 1. The molecule has 2 aliphatic rings. The van der Waals surface area contributed by atoms with Gasteiger partial charge < -0.3 is 20.1 Å². The number of aromatic nitrogens is 2. The maximum absolute atomic E-state index is 12.7. The monoisotopic (exact) mass is 452 g/mol. The average molecular weight is 453 g/mol. The lowest BCUT2D eigenvalue weighted by Crippen LogP contribution is -2.24. The second kappa shape index (κ2) is 8.20. The number of hydrogen-bond acceptors (Lipinski definition) is 5. The second-order valence-electron chi connectivity index (χ2n) is 7.59. The molecule has 0 saturated carbocycles. The van der Waals surface area contributed by atoms with Gasteiger partial charge in [-0.2, -0.15) is 5.10 Å². The van der Waals surface area contributed by atoms with Crippen LogP contribution in [0.3, 0.4) is 0 Å². The standard InChI is InChI=1S/C23H21ClN4O4/c1-2-16-21(13-4-3-5-14(24)10-13)22-26-23(30)17(28(22)27-16)12-20(29)25-15-6-7-18-19(11-15)32-9-8-31-18/h3-7,10-11,17H,2,8-9,12H2,1H3,(H,25,29)(H,26,30). The van der Waals surface area contributed by atoms with Gasteiger partial charge in [0.05, 0.1) is 12.1 Å². The zero-order chi connectivity index (χ0) is 22.2. The van der Waals surface area contributed by atoms with Crippen molar-refractivity contribution < 1.29 is 19.1 Å². The second-order valence-corrected chi connectivity index (χ2v) is 8.03. The van der Waals surface area contributed by atoms with E-state index in [0.717, 1.165) is 16.8 Å². The Morgan fingerprint density at radius 3 is 2.81 bits per heavy atom. The van der Waals surface area contributed by atoms with Crippen molar-refractivity contribution in [3.63, 3.8) is 0 Å². The Hall–Kier alpha value is -3.52. The van der Waals surface area contributed by atoms with Crippen molar-refractivity contribution in [2.45, 2.75) is 25.8 Å². The number of hydrogen-bond donors (Lipinski definition) is 2. The molecule has 0 fully saturated rings. The van der Waals surface area contributed by atoms with Crippen LogP contribution in [0.5, 0.6) is 11.5 Å². The first-order valence-electron chi connectivity index (χ1n) is 10.4. The summed E-state index contributed by atoms with van der Waals surface area (Å²) in [6.07, 6.45) is 0.626. The molecule has 0 bridgehead atoms. The summed E-state index contributed by atoms with van der Waals surface area (Å²) in [4.78, 5) is 25.5. The number of halogens is 1. The van der Waals surface area contributed by atoms with Crippen molar-refractivity contribution in [1.29, 1.82) is 0 Å². The summed E-state index contributed by atoms with van der Waals surface area (Å²) in [6.45, 7) is 2.96. The molecule has 2 aromatic carbocycles. The summed E-state index contributed by atoms with van der Waals surface area (Å²) in [5.41, 5.74) is 3.11. The third-order valence-electron chi connectivity index (χ3n) is 5.48. The van der Waals surface area contributed by atoms with Gasteiger partial charge in [0.1, 0.15) is 25.1 Å². The number of ether oxygens (including phenoxy) is 2. The van der Waals surface area contributed by atoms with E-state index in [0.29, 0.717) is 47.7 Å². The Balaban J connectivity index is 1.38. The minimum absolute atomic E-state index is 0.0485. The molecule has 32 heavy (non-hydrogen) atoms. The topological polar surface area (TPSA) is 94.5 Å². The van der Waals surface area contributed by atoms with Crippen molar-refractivity contribution in [3.8, 4) is 22.6 Å². The minimum Gasteiger partial charge on any atom is -0.486 e. The molecule has 1 unspecified atom stereocenters. The molecule has 2 aliphatic heterocycles. The van der Waals surface area contributed by atoms with Crippen LogP contribution in [0.2, 0.25) is 5.02 Å². The highest BCUT2D eigenvalue weighted by molar-refractivity contribution is 6.30. The van der Waals surface area contributed by atoms with E-state index < -0.39 is 6.04 Å². The predicted molar refractivity (Wildman–Crippen MR) is 120 cm³/mol. The predicted octanol–water partition coefficient (Wildman–Crippen LogP) is 4.06. The molecule has 0 radical (unpaired) electrons. The summed E-state index contributed by atoms with van der Waals surface area (Å²) in [6, 6.07) is 11.9. The van der Waals surface area contributed by atoms with E-state index in [9.17, 15) is 9.59 Å². The lowest BCUT2D eigenvalue weighted by Gasteiger charge is -2.19. The van der Waals surface area contributed by atoms with Crippen LogP contribution < -0.4 is 20.1 Å². The summed E-state index contributed by atoms with van der Waals surface area (Å²) >= 11 is 6.17. The molecular weight excluding hydrogens is 432 g/mol. The van der Waals surface area contributed by atoms with Gasteiger partial charge in [0.2, 0.25) is 5.91 Å². The molecule has 9 heteroatoms. The van der Waals surface area contributed by atoms with Gasteiger partial charge >= 0.3 is 0 Å². The normalized spacial score (nSPS) is 16.4. The van der Waals surface area contributed by atoms with E-state index in [1.165, 1.54) is 0 Å². The molecule has 2 N–H and O–H groups in total. The van der Waals surface area contributed by atoms with Gasteiger partial charge in [-0.05, 0) is 36.2 Å². The fourth-order valence-electron chi connectivity index (χ4n) is 4.02. The van der Waals surface area contributed by atoms with Crippen molar-refractivity contribution in [2.24, 2.45) is 0 Å². The highest BCUT2D eigenvalue weighted by Crippen LogP contribution is 2.39. The zero-order valence-corrected chi connectivity index (χ0v) is 18.1. The van der Waals surface area contributed by atoms with Crippen LogP contribution in [0.1, 0.15) is 25.1 Å². The van der Waals surface area contributed by atoms with E-state index in [2.05, 4.69) is 15.7 Å². The van der Waals surface area contributed by atoms with E-state index in [1.807, 2.05) is 25.1 Å². The van der Waals surface area contributed by atoms with Gasteiger partial charge in [0.15, 0.2) is 11.5 Å². The fourth-order valence-corrected chi connectivity index (χ4v) is 4.21. The Bertz CT molecular complexity index is 1220. The number of anilines is 2. The molecule has 1 atom stereocenters. The number of nitrogens with zero attached hydrogens (tertiary/aromatic N) is 2. The molecule has 1 aromatic heterocycles. The van der Waals surface area contributed by atoms with Gasteiger partial charge in [-0.25, -0.2) is 4.68 Å². The van der Waals surface area contributed by atoms with Crippen LogP contribution in [0.25, 0.3) is 11.1 Å². The van der Waals surface area contributed by atoms with Crippen LogP contribution in [0.4, 0.5) is 11.5 Å². The number of rotatable bonds is 5. The lowest BCUT2D eigenvalue weighted by molar-refractivity contribution is -0.123. The fraction of sp³-hybridized carbons (Fsp3) is 0.261. The van der Waals surface area contributed by atoms with Crippen LogP contribution in [-0.4, -0.2) is 34.8 Å².